The van der Waals surface area contributed by atoms with E-state index >= 15 is 0 Å². The van der Waals surface area contributed by atoms with Gasteiger partial charge in [0.2, 0.25) is 5.91 Å². The summed E-state index contributed by atoms with van der Waals surface area (Å²) in [7, 11) is 0. The molecule has 0 bridgehead atoms. The van der Waals surface area contributed by atoms with Crippen molar-refractivity contribution in [2.24, 2.45) is 0 Å². The van der Waals surface area contributed by atoms with Gasteiger partial charge in [0, 0.05) is 15.9 Å². The molecular formula is C18H17BrClN5O. The SMILES string of the molecule is O=C(CCCc1ccc(Cl)cc1)NCc1nnnn1-c1ccc(Br)cc1. The summed E-state index contributed by atoms with van der Waals surface area (Å²) in [6.45, 7) is 0.281. The van der Waals surface area contributed by atoms with Gasteiger partial charge in [-0.25, -0.2) is 0 Å². The average Bonchev–Trinajstić information content (AvgIpc) is 3.11. The summed E-state index contributed by atoms with van der Waals surface area (Å²) in [6, 6.07) is 15.3. The van der Waals surface area contributed by atoms with E-state index in [0.717, 1.165) is 28.0 Å². The van der Waals surface area contributed by atoms with E-state index in [2.05, 4.69) is 36.8 Å². The standard InChI is InChI=1S/C18H17BrClN5O/c19-14-6-10-16(11-7-14)25-17(22-23-24-25)12-21-18(26)3-1-2-13-4-8-15(20)9-5-13/h4-11H,1-3,12H2,(H,21,26). The predicted molar refractivity (Wildman–Crippen MR) is 103 cm³/mol. The maximum atomic E-state index is 12.1. The van der Waals surface area contributed by atoms with Gasteiger partial charge < -0.3 is 5.32 Å². The van der Waals surface area contributed by atoms with E-state index in [4.69, 9.17) is 11.6 Å². The van der Waals surface area contributed by atoms with E-state index in [1.54, 1.807) is 4.68 Å². The number of carbonyl (C=O) groups is 1. The molecule has 1 amide bonds. The van der Waals surface area contributed by atoms with Gasteiger partial charge in [-0.15, -0.1) is 5.10 Å². The van der Waals surface area contributed by atoms with Crippen molar-refractivity contribution in [3.63, 3.8) is 0 Å². The van der Waals surface area contributed by atoms with Crippen molar-refractivity contribution in [1.29, 1.82) is 0 Å². The first-order chi connectivity index (χ1) is 12.6. The van der Waals surface area contributed by atoms with Crippen LogP contribution in [0.25, 0.3) is 5.69 Å². The first kappa shape index (κ1) is 18.5. The van der Waals surface area contributed by atoms with Crippen molar-refractivity contribution >= 4 is 33.4 Å². The van der Waals surface area contributed by atoms with Crippen LogP contribution in [-0.4, -0.2) is 26.1 Å². The van der Waals surface area contributed by atoms with Gasteiger partial charge in [0.05, 0.1) is 12.2 Å². The largest absolute Gasteiger partial charge is 0.349 e. The molecule has 0 aliphatic carbocycles. The van der Waals surface area contributed by atoms with Crippen LogP contribution < -0.4 is 5.32 Å². The van der Waals surface area contributed by atoms with E-state index in [0.29, 0.717) is 12.2 Å². The Kier molecular flexibility index (Phi) is 6.35. The summed E-state index contributed by atoms with van der Waals surface area (Å²) in [6.07, 6.45) is 2.05. The molecule has 0 fully saturated rings. The fourth-order valence-corrected chi connectivity index (χ4v) is 2.86. The van der Waals surface area contributed by atoms with E-state index < -0.39 is 0 Å². The zero-order chi connectivity index (χ0) is 18.4. The maximum absolute atomic E-state index is 12.1. The Bertz CT molecular complexity index is 864. The Hall–Kier alpha value is -2.25. The number of aryl methyl sites for hydroxylation is 1. The predicted octanol–water partition coefficient (Wildman–Crippen LogP) is 3.72. The molecule has 26 heavy (non-hydrogen) atoms. The van der Waals surface area contributed by atoms with Crippen molar-refractivity contribution in [3.05, 3.63) is 69.4 Å². The molecule has 8 heteroatoms. The topological polar surface area (TPSA) is 72.7 Å². The zero-order valence-corrected chi connectivity index (χ0v) is 16.2. The molecule has 1 heterocycles. The maximum Gasteiger partial charge on any atom is 0.220 e. The molecule has 0 unspecified atom stereocenters. The van der Waals surface area contributed by atoms with Gasteiger partial charge in [-0.3, -0.25) is 4.79 Å². The summed E-state index contributed by atoms with van der Waals surface area (Å²) in [5.41, 5.74) is 2.01. The van der Waals surface area contributed by atoms with Crippen molar-refractivity contribution in [3.8, 4) is 5.69 Å². The number of benzene rings is 2. The van der Waals surface area contributed by atoms with Gasteiger partial charge in [-0.2, -0.15) is 4.68 Å². The van der Waals surface area contributed by atoms with Crippen LogP contribution in [-0.2, 0) is 17.8 Å². The summed E-state index contributed by atoms with van der Waals surface area (Å²) in [5, 5.41) is 15.3. The first-order valence-electron chi connectivity index (χ1n) is 8.16. The van der Waals surface area contributed by atoms with Crippen LogP contribution in [0.3, 0.4) is 0 Å². The summed E-state index contributed by atoms with van der Waals surface area (Å²) >= 11 is 9.26. The molecule has 3 rings (SSSR count). The van der Waals surface area contributed by atoms with Gasteiger partial charge in [0.25, 0.3) is 0 Å². The molecule has 0 atom stereocenters. The van der Waals surface area contributed by atoms with E-state index in [1.807, 2.05) is 48.5 Å². The second-order valence-electron chi connectivity index (χ2n) is 5.74. The van der Waals surface area contributed by atoms with Crippen LogP contribution in [0.5, 0.6) is 0 Å². The molecule has 0 aliphatic heterocycles. The first-order valence-corrected chi connectivity index (χ1v) is 9.33. The molecule has 0 saturated heterocycles. The average molecular weight is 435 g/mol. The minimum Gasteiger partial charge on any atom is -0.349 e. The lowest BCUT2D eigenvalue weighted by atomic mass is 10.1. The highest BCUT2D eigenvalue weighted by Crippen LogP contribution is 2.14. The van der Waals surface area contributed by atoms with E-state index in [1.165, 1.54) is 5.56 Å². The highest BCUT2D eigenvalue weighted by molar-refractivity contribution is 9.10. The highest BCUT2D eigenvalue weighted by atomic mass is 79.9. The van der Waals surface area contributed by atoms with Gasteiger partial charge >= 0.3 is 0 Å². The van der Waals surface area contributed by atoms with E-state index in [9.17, 15) is 4.79 Å². The Morgan fingerprint density at radius 3 is 2.58 bits per heavy atom. The monoisotopic (exact) mass is 433 g/mol. The van der Waals surface area contributed by atoms with E-state index in [-0.39, 0.29) is 12.5 Å². The molecule has 0 saturated carbocycles. The molecule has 1 N–H and O–H groups in total. The van der Waals surface area contributed by atoms with Crippen LogP contribution in [0, 0.1) is 0 Å². The van der Waals surface area contributed by atoms with Crippen molar-refractivity contribution < 1.29 is 4.79 Å². The third-order valence-electron chi connectivity index (χ3n) is 3.83. The summed E-state index contributed by atoms with van der Waals surface area (Å²) < 4.78 is 2.59. The van der Waals surface area contributed by atoms with Gasteiger partial charge in [-0.1, -0.05) is 39.7 Å². The molecule has 0 radical (unpaired) electrons. The Morgan fingerprint density at radius 1 is 1.12 bits per heavy atom. The van der Waals surface area contributed by atoms with Crippen LogP contribution in [0.2, 0.25) is 5.02 Å². The fourth-order valence-electron chi connectivity index (χ4n) is 2.47. The fraction of sp³-hybridized carbons (Fsp3) is 0.222. The van der Waals surface area contributed by atoms with Crippen molar-refractivity contribution in [2.75, 3.05) is 0 Å². The quantitative estimate of drug-likeness (QED) is 0.615. The number of hydrogen-bond donors (Lipinski definition) is 1. The molecule has 1 aromatic heterocycles. The number of tetrazole rings is 1. The third-order valence-corrected chi connectivity index (χ3v) is 4.61. The number of carbonyl (C=O) groups excluding carboxylic acids is 1. The molecular weight excluding hydrogens is 418 g/mol. The summed E-state index contributed by atoms with van der Waals surface area (Å²) in [5.74, 6) is 0.558. The van der Waals surface area contributed by atoms with Gasteiger partial charge in [0.15, 0.2) is 5.82 Å². The number of halogens is 2. The van der Waals surface area contributed by atoms with Crippen LogP contribution >= 0.6 is 27.5 Å². The van der Waals surface area contributed by atoms with Crippen LogP contribution in [0.4, 0.5) is 0 Å². The highest BCUT2D eigenvalue weighted by Gasteiger charge is 2.10. The third kappa shape index (κ3) is 5.12. The minimum absolute atomic E-state index is 0.0238. The smallest absolute Gasteiger partial charge is 0.220 e. The molecule has 6 nitrogen and oxygen atoms in total. The molecule has 134 valence electrons. The summed E-state index contributed by atoms with van der Waals surface area (Å²) in [4.78, 5) is 12.1. The number of rotatable bonds is 7. The number of amides is 1. The van der Waals surface area contributed by atoms with Crippen LogP contribution in [0.15, 0.2) is 53.0 Å². The lowest BCUT2D eigenvalue weighted by molar-refractivity contribution is -0.121. The molecule has 3 aromatic rings. The van der Waals surface area contributed by atoms with Gasteiger partial charge in [0.1, 0.15) is 0 Å². The number of nitrogens with one attached hydrogen (secondary N) is 1. The lowest BCUT2D eigenvalue weighted by Gasteiger charge is -2.07. The van der Waals surface area contributed by atoms with Gasteiger partial charge in [-0.05, 0) is 65.2 Å². The molecule has 0 aliphatic rings. The van der Waals surface area contributed by atoms with Crippen LogP contribution in [0.1, 0.15) is 24.2 Å². The van der Waals surface area contributed by atoms with Crippen molar-refractivity contribution in [1.82, 2.24) is 25.5 Å². The number of aromatic nitrogens is 4. The van der Waals surface area contributed by atoms with Crippen molar-refractivity contribution in [2.45, 2.75) is 25.8 Å². The molecule has 2 aromatic carbocycles. The second kappa shape index (κ2) is 8.91. The normalized spacial score (nSPS) is 10.7. The minimum atomic E-state index is -0.0238. The molecule has 0 spiro atoms. The Balaban J connectivity index is 1.48. The zero-order valence-electron chi connectivity index (χ0n) is 13.9. The second-order valence-corrected chi connectivity index (χ2v) is 7.09. The number of hydrogen-bond acceptors (Lipinski definition) is 4. The Labute approximate surface area is 164 Å². The lowest BCUT2D eigenvalue weighted by Crippen LogP contribution is -2.24. The Morgan fingerprint density at radius 2 is 1.85 bits per heavy atom. The number of nitrogens with zero attached hydrogens (tertiary/aromatic N) is 4.